The molecule has 3 saturated carbocycles. The summed E-state index contributed by atoms with van der Waals surface area (Å²) in [6.45, 7) is 19.4. The molecule has 3 aliphatic carbocycles. The Morgan fingerprint density at radius 2 is 1.69 bits per heavy atom. The fraction of sp³-hybridized carbons (Fsp3) is 0.544. The van der Waals surface area contributed by atoms with Gasteiger partial charge in [-0.2, -0.15) is 10.1 Å². The van der Waals surface area contributed by atoms with E-state index >= 15 is 4.79 Å². The number of rotatable bonds is 12. The van der Waals surface area contributed by atoms with Gasteiger partial charge in [0.05, 0.1) is 53.7 Å². The first-order valence-electron chi connectivity index (χ1n) is 25.9. The molecular formula is C57H66N4O14. The number of Topliss-reactive ketones (excluding diaryl/α,β-unsaturated/α-hetero) is 1. The first-order chi connectivity index (χ1) is 35.5. The second-order valence-corrected chi connectivity index (χ2v) is 22.9. The number of ketones is 1. The van der Waals surface area contributed by atoms with Gasteiger partial charge >= 0.3 is 11.9 Å². The summed E-state index contributed by atoms with van der Waals surface area (Å²) in [6, 6.07) is 5.57. The van der Waals surface area contributed by atoms with Crippen LogP contribution in [-0.2, 0) is 39.7 Å². The minimum absolute atomic E-state index is 0.00536. The lowest BCUT2D eigenvalue weighted by molar-refractivity contribution is -0.373. The fourth-order valence-corrected chi connectivity index (χ4v) is 13.0. The summed E-state index contributed by atoms with van der Waals surface area (Å²) in [4.78, 5) is 53.4. The van der Waals surface area contributed by atoms with Crippen LogP contribution in [-0.4, -0.2) is 121 Å². The van der Waals surface area contributed by atoms with Crippen LogP contribution in [0.5, 0.6) is 23.0 Å². The van der Waals surface area contributed by atoms with Crippen LogP contribution in [0.4, 0.5) is 5.95 Å². The van der Waals surface area contributed by atoms with Gasteiger partial charge in [-0.05, 0) is 131 Å². The maximum atomic E-state index is 15.7. The molecule has 3 saturated heterocycles. The maximum Gasteiger partial charge on any atom is 0.343 e. The number of fused-ring (bicyclic) bond motifs is 5. The van der Waals surface area contributed by atoms with Gasteiger partial charge in [0.15, 0.2) is 28.5 Å². The topological polar surface area (TPSA) is 218 Å². The second kappa shape index (κ2) is 18.1. The van der Waals surface area contributed by atoms with Crippen LogP contribution < -0.4 is 18.9 Å². The van der Waals surface area contributed by atoms with Gasteiger partial charge in [-0.25, -0.2) is 19.3 Å². The Bertz CT molecular complexity index is 3030. The molecule has 7 heterocycles. The predicted molar refractivity (Wildman–Crippen MR) is 271 cm³/mol. The average Bonchev–Trinajstić information content (AvgIpc) is 4.09. The van der Waals surface area contributed by atoms with Gasteiger partial charge in [-0.1, -0.05) is 29.4 Å². The quantitative estimate of drug-likeness (QED) is 0.0773. The molecule has 398 valence electrons. The zero-order valence-corrected chi connectivity index (χ0v) is 44.3. The van der Waals surface area contributed by atoms with Crippen molar-refractivity contribution in [1.82, 2.24) is 14.8 Å². The van der Waals surface area contributed by atoms with Crippen molar-refractivity contribution in [2.24, 2.45) is 22.7 Å². The number of carbonyl (C=O) groups is 3. The summed E-state index contributed by atoms with van der Waals surface area (Å²) >= 11 is 0. The van der Waals surface area contributed by atoms with E-state index in [2.05, 4.69) is 36.1 Å². The molecule has 9 aliphatic rings. The molecule has 0 radical (unpaired) electrons. The highest BCUT2D eigenvalue weighted by Crippen LogP contribution is 2.73. The van der Waals surface area contributed by atoms with Crippen molar-refractivity contribution in [3.63, 3.8) is 0 Å². The molecule has 0 amide bonds. The lowest BCUT2D eigenvalue weighted by Gasteiger charge is -2.64. The number of ether oxygens (including phenoxy) is 9. The molecule has 18 nitrogen and oxygen atoms in total. The van der Waals surface area contributed by atoms with Gasteiger partial charge in [0.2, 0.25) is 12.2 Å². The van der Waals surface area contributed by atoms with E-state index in [9.17, 15) is 19.8 Å². The van der Waals surface area contributed by atoms with E-state index in [1.165, 1.54) is 31.1 Å². The molecular weight excluding hydrogens is 965 g/mol. The normalized spacial score (nSPS) is 33.7. The Kier molecular flexibility index (Phi) is 12.3. The predicted octanol–water partition coefficient (Wildman–Crippen LogP) is 7.59. The van der Waals surface area contributed by atoms with E-state index in [0.29, 0.717) is 58.7 Å². The van der Waals surface area contributed by atoms with Gasteiger partial charge in [-0.15, -0.1) is 0 Å². The molecule has 2 N–H and O–H groups in total. The standard InChI is InChI=1S/C57H66N4O14/c1-28(2)13-12-22-55(10)23-21-34-44(73-55)33(19-14-29(3)4)46-38(45(34)71-50(66)31-15-17-32(18-16-31)69-51-43(63)42(62)47-36(70-51)26-68-54(8,9)72-47)40-39-41(61-52(60-40)58-27-59-61)35-25-37-53(6,7)75-56(48(35)64,57(37,39)74-46)24-20-30(5)49(65)67-11/h13-18,20-21,23,27,35-37,39,41-43,47,51,62-63H,12,19,22,24-26H2,1-11H3/t35-,36+,37+,39?,41?,42+,43+,47+,51+,55?,56?,57?/m0/s1. The number of aliphatic hydroxyl groups excluding tert-OH is 2. The van der Waals surface area contributed by atoms with E-state index in [-0.39, 0.29) is 47.7 Å². The monoisotopic (exact) mass is 1030 g/mol. The van der Waals surface area contributed by atoms with Crippen LogP contribution in [0.1, 0.15) is 128 Å². The highest BCUT2D eigenvalue weighted by molar-refractivity contribution is 6.15. The van der Waals surface area contributed by atoms with Crippen molar-refractivity contribution in [2.75, 3.05) is 13.7 Å². The number of allylic oxidation sites excluding steroid dienone is 4. The minimum atomic E-state index is -1.62. The van der Waals surface area contributed by atoms with E-state index < -0.39 is 88.7 Å². The average molecular weight is 1030 g/mol. The highest BCUT2D eigenvalue weighted by Gasteiger charge is 2.86. The van der Waals surface area contributed by atoms with Crippen molar-refractivity contribution >= 4 is 35.5 Å². The molecule has 5 unspecified atom stereocenters. The summed E-state index contributed by atoms with van der Waals surface area (Å²) < 4.78 is 59.6. The largest absolute Gasteiger partial charge is 0.482 e. The molecule has 6 aliphatic heterocycles. The number of hydrogen-bond donors (Lipinski definition) is 2. The Hall–Kier alpha value is -6.02. The van der Waals surface area contributed by atoms with Crippen LogP contribution >= 0.6 is 0 Å². The van der Waals surface area contributed by atoms with Gasteiger partial charge in [0.1, 0.15) is 53.6 Å². The molecule has 1 spiro atoms. The van der Waals surface area contributed by atoms with Crippen molar-refractivity contribution in [2.45, 2.75) is 166 Å². The lowest BCUT2D eigenvalue weighted by Crippen LogP contribution is -2.79. The first kappa shape index (κ1) is 51.1. The third-order valence-electron chi connectivity index (χ3n) is 16.5. The number of esters is 2. The fourth-order valence-electron chi connectivity index (χ4n) is 13.0. The summed E-state index contributed by atoms with van der Waals surface area (Å²) in [7, 11) is 1.32. The van der Waals surface area contributed by atoms with Gasteiger partial charge in [0.25, 0.3) is 0 Å². The van der Waals surface area contributed by atoms with Crippen LogP contribution in [0.2, 0.25) is 0 Å². The van der Waals surface area contributed by atoms with Gasteiger partial charge in [0, 0.05) is 29.4 Å². The third-order valence-corrected chi connectivity index (χ3v) is 16.5. The molecule has 12 rings (SSSR count). The van der Waals surface area contributed by atoms with Crippen LogP contribution in [0.25, 0.3) is 6.08 Å². The maximum absolute atomic E-state index is 15.7. The second-order valence-electron chi connectivity index (χ2n) is 22.9. The molecule has 75 heavy (non-hydrogen) atoms. The molecule has 1 aromatic heterocycles. The summed E-state index contributed by atoms with van der Waals surface area (Å²) in [5.74, 6) is -2.59. The number of methoxy groups -OCH3 is 1. The highest BCUT2D eigenvalue weighted by atomic mass is 16.8. The Morgan fingerprint density at radius 1 is 0.947 bits per heavy atom. The molecule has 18 heteroatoms. The van der Waals surface area contributed by atoms with Crippen LogP contribution in [0.15, 0.2) is 76.6 Å². The van der Waals surface area contributed by atoms with Crippen LogP contribution in [0.3, 0.4) is 0 Å². The number of carbonyl (C=O) groups excluding carboxylic acids is 3. The molecule has 12 atom stereocenters. The number of nitrogens with zero attached hydrogens (tertiary/aromatic N) is 4. The summed E-state index contributed by atoms with van der Waals surface area (Å²) in [5.41, 5.74) is 0.0464. The SMILES string of the molecule is COC(=O)C(C)=CCC12OC(C)(C)[C@H]3C[C@H](C1=O)C1C4C(=Nc5ncnn51)c1c(OC(=O)c5ccc(O[C@@H]6O[C@@H]7COC(C)(C)O[C@H]7[C@H](O)[C@H]6O)cc5)c5c(c(CC=C(C)C)c1OC432)OC(C)(CCC=C(C)C)C=C5. The molecule has 6 fully saturated rings. The Labute approximate surface area is 435 Å². The Balaban J connectivity index is 1.06. The lowest BCUT2D eigenvalue weighted by atomic mass is 9.44. The Morgan fingerprint density at radius 3 is 2.41 bits per heavy atom. The van der Waals surface area contributed by atoms with E-state index in [0.717, 1.165) is 12.0 Å². The van der Waals surface area contributed by atoms with E-state index in [1.807, 2.05) is 46.8 Å². The molecule has 4 bridgehead atoms. The first-order valence-corrected chi connectivity index (χ1v) is 25.9. The van der Waals surface area contributed by atoms with E-state index in [1.54, 1.807) is 43.7 Å². The van der Waals surface area contributed by atoms with Crippen molar-refractivity contribution in [3.05, 3.63) is 93.9 Å². The van der Waals surface area contributed by atoms with Crippen molar-refractivity contribution in [3.8, 4) is 23.0 Å². The number of aliphatic hydroxyl groups is 2. The smallest absolute Gasteiger partial charge is 0.343 e. The van der Waals surface area contributed by atoms with Crippen molar-refractivity contribution in [1.29, 1.82) is 0 Å². The zero-order valence-electron chi connectivity index (χ0n) is 44.3. The molecule has 3 aromatic rings. The number of benzene rings is 2. The van der Waals surface area contributed by atoms with Crippen LogP contribution in [0, 0.1) is 17.8 Å². The van der Waals surface area contributed by atoms with Gasteiger partial charge in [-0.3, -0.25) is 4.79 Å². The third kappa shape index (κ3) is 8.03. The number of hydrogen-bond acceptors (Lipinski definition) is 17. The summed E-state index contributed by atoms with van der Waals surface area (Å²) in [6.07, 6.45) is 7.90. The van der Waals surface area contributed by atoms with Gasteiger partial charge < -0.3 is 52.8 Å². The number of aliphatic imine (C=N–C) groups is 1. The van der Waals surface area contributed by atoms with E-state index in [4.69, 9.17) is 47.6 Å². The minimum Gasteiger partial charge on any atom is -0.482 e. The zero-order chi connectivity index (χ0) is 53.3. The number of aromatic nitrogens is 3. The molecule has 2 aromatic carbocycles. The van der Waals surface area contributed by atoms with Crippen molar-refractivity contribution < 1.29 is 67.2 Å². The summed E-state index contributed by atoms with van der Waals surface area (Å²) in [5, 5.41) is 26.8.